The molecule has 0 radical (unpaired) electrons. The zero-order valence-electron chi connectivity index (χ0n) is 9.58. The van der Waals surface area contributed by atoms with Gasteiger partial charge in [0.1, 0.15) is 0 Å². The van der Waals surface area contributed by atoms with E-state index in [9.17, 15) is 0 Å². The minimum absolute atomic E-state index is 0.927. The maximum atomic E-state index is 4.24. The van der Waals surface area contributed by atoms with E-state index >= 15 is 0 Å². The van der Waals surface area contributed by atoms with Gasteiger partial charge in [-0.2, -0.15) is 12.6 Å². The van der Waals surface area contributed by atoms with E-state index in [1.54, 1.807) is 0 Å². The summed E-state index contributed by atoms with van der Waals surface area (Å²) in [6.45, 7) is 5.05. The van der Waals surface area contributed by atoms with E-state index < -0.39 is 0 Å². The zero-order valence-corrected chi connectivity index (χ0v) is 10.5. The van der Waals surface area contributed by atoms with Gasteiger partial charge in [-0.15, -0.1) is 0 Å². The Hall–Kier alpha value is 0.270. The summed E-state index contributed by atoms with van der Waals surface area (Å²) in [5, 5.41) is 0. The molecular formula is C11H24N2S. The quantitative estimate of drug-likeness (QED) is 0.697. The molecule has 1 aliphatic heterocycles. The lowest BCUT2D eigenvalue weighted by Crippen LogP contribution is -2.36. The average Bonchev–Trinajstić information content (AvgIpc) is 2.18. The van der Waals surface area contributed by atoms with Crippen molar-refractivity contribution in [2.24, 2.45) is 5.92 Å². The van der Waals surface area contributed by atoms with Crippen LogP contribution in [-0.4, -0.2) is 55.8 Å². The molecule has 84 valence electrons. The molecule has 0 unspecified atom stereocenters. The molecule has 0 bridgehead atoms. The molecule has 1 saturated heterocycles. The van der Waals surface area contributed by atoms with Crippen LogP contribution in [0, 0.1) is 5.92 Å². The number of nitrogens with zero attached hydrogens (tertiary/aromatic N) is 2. The lowest BCUT2D eigenvalue weighted by Gasteiger charge is -2.31. The second kappa shape index (κ2) is 6.70. The molecule has 2 nitrogen and oxygen atoms in total. The van der Waals surface area contributed by atoms with Gasteiger partial charge >= 0.3 is 0 Å². The molecule has 0 aromatic carbocycles. The van der Waals surface area contributed by atoms with Crippen molar-refractivity contribution >= 4 is 12.6 Å². The lowest BCUT2D eigenvalue weighted by molar-refractivity contribution is 0.176. The minimum Gasteiger partial charge on any atom is -0.306 e. The summed E-state index contributed by atoms with van der Waals surface area (Å²) in [4.78, 5) is 4.90. The fraction of sp³-hybridized carbons (Fsp3) is 1.00. The largest absolute Gasteiger partial charge is 0.306 e. The van der Waals surface area contributed by atoms with Gasteiger partial charge in [0, 0.05) is 6.54 Å². The van der Waals surface area contributed by atoms with Gasteiger partial charge in [0.15, 0.2) is 0 Å². The summed E-state index contributed by atoms with van der Waals surface area (Å²) in [5.41, 5.74) is 0. The Kier molecular flexibility index (Phi) is 5.90. The number of thiol groups is 1. The van der Waals surface area contributed by atoms with Crippen LogP contribution in [0.1, 0.15) is 19.3 Å². The Labute approximate surface area is 94.1 Å². The third-order valence-corrected chi connectivity index (χ3v) is 3.42. The number of likely N-dealkylation sites (tertiary alicyclic amines) is 1. The van der Waals surface area contributed by atoms with Crippen molar-refractivity contribution in [1.29, 1.82) is 0 Å². The number of piperidine rings is 1. The van der Waals surface area contributed by atoms with E-state index in [0.29, 0.717) is 0 Å². The minimum atomic E-state index is 0.927. The van der Waals surface area contributed by atoms with E-state index in [1.165, 1.54) is 45.4 Å². The Balaban J connectivity index is 2.10. The Bertz CT molecular complexity index is 144. The van der Waals surface area contributed by atoms with Crippen molar-refractivity contribution in [2.45, 2.75) is 19.3 Å². The molecule has 14 heavy (non-hydrogen) atoms. The fourth-order valence-corrected chi connectivity index (χ4v) is 2.26. The average molecular weight is 216 g/mol. The predicted octanol–water partition coefficient (Wildman–Crippen LogP) is 1.58. The number of hydrogen-bond acceptors (Lipinski definition) is 3. The van der Waals surface area contributed by atoms with Crippen LogP contribution in [0.15, 0.2) is 0 Å². The van der Waals surface area contributed by atoms with E-state index in [0.717, 1.165) is 11.7 Å². The summed E-state index contributed by atoms with van der Waals surface area (Å²) in [7, 11) is 4.46. The van der Waals surface area contributed by atoms with Gasteiger partial charge in [0.25, 0.3) is 0 Å². The van der Waals surface area contributed by atoms with Crippen LogP contribution in [0.3, 0.4) is 0 Å². The van der Waals surface area contributed by atoms with Crippen molar-refractivity contribution in [3.8, 4) is 0 Å². The van der Waals surface area contributed by atoms with Gasteiger partial charge in [-0.1, -0.05) is 0 Å². The molecule has 0 N–H and O–H groups in total. The van der Waals surface area contributed by atoms with E-state index in [4.69, 9.17) is 0 Å². The van der Waals surface area contributed by atoms with Crippen molar-refractivity contribution in [3.63, 3.8) is 0 Å². The number of hydrogen-bond donors (Lipinski definition) is 1. The second-order valence-corrected chi connectivity index (χ2v) is 5.03. The topological polar surface area (TPSA) is 6.48 Å². The SMILES string of the molecule is CN1CCC(CN(C)CCCS)CC1. The predicted molar refractivity (Wildman–Crippen MR) is 66.2 cm³/mol. The first-order valence-electron chi connectivity index (χ1n) is 5.70. The fourth-order valence-electron chi connectivity index (χ4n) is 2.12. The molecule has 3 heteroatoms. The summed E-state index contributed by atoms with van der Waals surface area (Å²) in [6, 6.07) is 0. The van der Waals surface area contributed by atoms with Crippen LogP contribution in [0.4, 0.5) is 0 Å². The molecule has 0 aromatic heterocycles. The van der Waals surface area contributed by atoms with Crippen LogP contribution in [0.2, 0.25) is 0 Å². The summed E-state index contributed by atoms with van der Waals surface area (Å²) < 4.78 is 0. The van der Waals surface area contributed by atoms with Crippen LogP contribution in [0.5, 0.6) is 0 Å². The highest BCUT2D eigenvalue weighted by Gasteiger charge is 2.17. The standard InChI is InChI=1S/C11H24N2S/c1-12-7-4-11(5-8-12)10-13(2)6-3-9-14/h11,14H,3-10H2,1-2H3. The molecule has 1 fully saturated rings. The van der Waals surface area contributed by atoms with Crippen molar-refractivity contribution in [3.05, 3.63) is 0 Å². The van der Waals surface area contributed by atoms with Crippen LogP contribution < -0.4 is 0 Å². The highest BCUT2D eigenvalue weighted by Crippen LogP contribution is 2.16. The molecule has 1 rings (SSSR count). The molecular weight excluding hydrogens is 192 g/mol. The van der Waals surface area contributed by atoms with E-state index in [-0.39, 0.29) is 0 Å². The van der Waals surface area contributed by atoms with Gasteiger partial charge in [0.05, 0.1) is 0 Å². The third kappa shape index (κ3) is 4.67. The van der Waals surface area contributed by atoms with E-state index in [1.807, 2.05) is 0 Å². The zero-order chi connectivity index (χ0) is 10.4. The Morgan fingerprint density at radius 1 is 1.36 bits per heavy atom. The smallest absolute Gasteiger partial charge is 0.000756 e. The second-order valence-electron chi connectivity index (χ2n) is 4.59. The highest BCUT2D eigenvalue weighted by atomic mass is 32.1. The molecule has 0 spiro atoms. The molecule has 0 aromatic rings. The van der Waals surface area contributed by atoms with E-state index in [2.05, 4.69) is 36.5 Å². The first kappa shape index (κ1) is 12.3. The molecule has 0 amide bonds. The lowest BCUT2D eigenvalue weighted by atomic mass is 9.97. The molecule has 1 aliphatic rings. The van der Waals surface area contributed by atoms with Crippen LogP contribution in [0.25, 0.3) is 0 Å². The van der Waals surface area contributed by atoms with Crippen LogP contribution >= 0.6 is 12.6 Å². The van der Waals surface area contributed by atoms with Crippen LogP contribution in [-0.2, 0) is 0 Å². The molecule has 0 aliphatic carbocycles. The van der Waals surface area contributed by atoms with Gasteiger partial charge in [-0.3, -0.25) is 0 Å². The molecule has 1 heterocycles. The van der Waals surface area contributed by atoms with Crippen molar-refractivity contribution in [2.75, 3.05) is 46.0 Å². The van der Waals surface area contributed by atoms with Gasteiger partial charge in [-0.05, 0) is 64.7 Å². The summed E-state index contributed by atoms with van der Waals surface area (Å²) >= 11 is 4.24. The number of rotatable bonds is 5. The summed E-state index contributed by atoms with van der Waals surface area (Å²) in [6.07, 6.45) is 3.97. The van der Waals surface area contributed by atoms with Crippen molar-refractivity contribution in [1.82, 2.24) is 9.80 Å². The first-order valence-corrected chi connectivity index (χ1v) is 6.33. The van der Waals surface area contributed by atoms with Gasteiger partial charge in [0.2, 0.25) is 0 Å². The van der Waals surface area contributed by atoms with Gasteiger partial charge < -0.3 is 9.80 Å². The first-order chi connectivity index (χ1) is 6.72. The monoisotopic (exact) mass is 216 g/mol. The Morgan fingerprint density at radius 3 is 2.57 bits per heavy atom. The molecule has 0 saturated carbocycles. The third-order valence-electron chi connectivity index (χ3n) is 3.11. The Morgan fingerprint density at radius 2 is 2.00 bits per heavy atom. The van der Waals surface area contributed by atoms with Crippen molar-refractivity contribution < 1.29 is 0 Å². The maximum absolute atomic E-state index is 4.24. The summed E-state index contributed by atoms with van der Waals surface area (Å²) in [5.74, 6) is 1.94. The maximum Gasteiger partial charge on any atom is 0.000756 e. The normalized spacial score (nSPS) is 20.6. The van der Waals surface area contributed by atoms with Gasteiger partial charge in [-0.25, -0.2) is 0 Å². The highest BCUT2D eigenvalue weighted by molar-refractivity contribution is 7.80. The molecule has 0 atom stereocenters.